The molecular formula is C19H21NO4. The number of phenols is 1. The van der Waals surface area contributed by atoms with Crippen LogP contribution in [0.2, 0.25) is 0 Å². The SMILES string of the molecule is CCOc1cc2c(cc1NC(=O)c1cc(C)ccc1O)OC(C)C2. The van der Waals surface area contributed by atoms with Crippen molar-refractivity contribution in [2.45, 2.75) is 33.3 Å². The highest BCUT2D eigenvalue weighted by molar-refractivity contribution is 6.07. The van der Waals surface area contributed by atoms with Gasteiger partial charge < -0.3 is 19.9 Å². The maximum atomic E-state index is 12.5. The molecule has 0 spiro atoms. The van der Waals surface area contributed by atoms with E-state index >= 15 is 0 Å². The normalized spacial score (nSPS) is 15.5. The lowest BCUT2D eigenvalue weighted by Crippen LogP contribution is -2.13. The Hall–Kier alpha value is -2.69. The van der Waals surface area contributed by atoms with Crippen LogP contribution in [-0.2, 0) is 6.42 Å². The van der Waals surface area contributed by atoms with Gasteiger partial charge in [-0.15, -0.1) is 0 Å². The van der Waals surface area contributed by atoms with E-state index in [2.05, 4.69) is 5.32 Å². The Morgan fingerprint density at radius 1 is 1.38 bits per heavy atom. The van der Waals surface area contributed by atoms with Crippen LogP contribution in [0.5, 0.6) is 17.2 Å². The molecule has 0 saturated heterocycles. The molecule has 126 valence electrons. The van der Waals surface area contributed by atoms with Crippen LogP contribution in [0.15, 0.2) is 30.3 Å². The van der Waals surface area contributed by atoms with Gasteiger partial charge in [-0.25, -0.2) is 0 Å². The third-order valence-corrected chi connectivity index (χ3v) is 3.94. The molecule has 2 aromatic rings. The number of rotatable bonds is 4. The number of amides is 1. The summed E-state index contributed by atoms with van der Waals surface area (Å²) in [6.45, 7) is 6.26. The molecule has 1 unspecified atom stereocenters. The lowest BCUT2D eigenvalue weighted by Gasteiger charge is -2.14. The molecule has 0 radical (unpaired) electrons. The zero-order valence-corrected chi connectivity index (χ0v) is 14.1. The van der Waals surface area contributed by atoms with Gasteiger partial charge in [-0.05, 0) is 39.0 Å². The minimum Gasteiger partial charge on any atom is -0.507 e. The molecule has 1 aliphatic heterocycles. The van der Waals surface area contributed by atoms with Gasteiger partial charge in [0.15, 0.2) is 0 Å². The summed E-state index contributed by atoms with van der Waals surface area (Å²) in [5.41, 5.74) is 2.74. The van der Waals surface area contributed by atoms with Crippen LogP contribution in [0.4, 0.5) is 5.69 Å². The highest BCUT2D eigenvalue weighted by Crippen LogP contribution is 2.38. The lowest BCUT2D eigenvalue weighted by atomic mass is 10.1. The second-order valence-corrected chi connectivity index (χ2v) is 6.00. The van der Waals surface area contributed by atoms with E-state index in [1.54, 1.807) is 18.2 Å². The Balaban J connectivity index is 1.92. The number of nitrogens with one attached hydrogen (secondary N) is 1. The van der Waals surface area contributed by atoms with E-state index in [4.69, 9.17) is 9.47 Å². The summed E-state index contributed by atoms with van der Waals surface area (Å²) in [5, 5.41) is 12.7. The van der Waals surface area contributed by atoms with E-state index in [0.717, 1.165) is 23.3 Å². The highest BCUT2D eigenvalue weighted by Gasteiger charge is 2.23. The Kier molecular flexibility index (Phi) is 4.34. The van der Waals surface area contributed by atoms with Crippen LogP contribution in [0.25, 0.3) is 0 Å². The van der Waals surface area contributed by atoms with Gasteiger partial charge in [-0.1, -0.05) is 11.6 Å². The third kappa shape index (κ3) is 3.15. The standard InChI is InChI=1S/C19H21NO4/c1-4-23-18-9-13-8-12(3)24-17(13)10-15(18)20-19(22)14-7-11(2)5-6-16(14)21/h5-7,9-10,12,21H,4,8H2,1-3H3,(H,20,22). The molecule has 0 aliphatic carbocycles. The monoisotopic (exact) mass is 327 g/mol. The molecule has 1 aliphatic rings. The van der Waals surface area contributed by atoms with Gasteiger partial charge in [0, 0.05) is 18.1 Å². The van der Waals surface area contributed by atoms with E-state index in [9.17, 15) is 9.90 Å². The Labute approximate surface area is 141 Å². The molecule has 3 rings (SSSR count). The molecule has 0 bridgehead atoms. The van der Waals surface area contributed by atoms with E-state index < -0.39 is 0 Å². The molecule has 0 saturated carbocycles. The van der Waals surface area contributed by atoms with Crippen molar-refractivity contribution in [2.75, 3.05) is 11.9 Å². The van der Waals surface area contributed by atoms with Gasteiger partial charge >= 0.3 is 0 Å². The maximum absolute atomic E-state index is 12.5. The summed E-state index contributed by atoms with van der Waals surface area (Å²) in [5.74, 6) is 0.925. The number of anilines is 1. The van der Waals surface area contributed by atoms with Gasteiger partial charge in [0.1, 0.15) is 23.4 Å². The molecule has 1 amide bonds. The molecule has 1 atom stereocenters. The Morgan fingerprint density at radius 3 is 2.92 bits per heavy atom. The van der Waals surface area contributed by atoms with Crippen molar-refractivity contribution in [3.05, 3.63) is 47.0 Å². The van der Waals surface area contributed by atoms with Crippen molar-refractivity contribution in [2.24, 2.45) is 0 Å². The van der Waals surface area contributed by atoms with Crippen LogP contribution >= 0.6 is 0 Å². The molecular weight excluding hydrogens is 306 g/mol. The third-order valence-electron chi connectivity index (χ3n) is 3.94. The average molecular weight is 327 g/mol. The van der Waals surface area contributed by atoms with Crippen molar-refractivity contribution in [3.8, 4) is 17.2 Å². The number of carbonyl (C=O) groups excluding carboxylic acids is 1. The minimum absolute atomic E-state index is 0.0536. The van der Waals surface area contributed by atoms with E-state index in [-0.39, 0.29) is 23.3 Å². The summed E-state index contributed by atoms with van der Waals surface area (Å²) >= 11 is 0. The number of hydrogen-bond donors (Lipinski definition) is 2. The van der Waals surface area contributed by atoms with E-state index in [1.165, 1.54) is 6.07 Å². The van der Waals surface area contributed by atoms with Gasteiger partial charge in [0.05, 0.1) is 17.9 Å². The molecule has 1 heterocycles. The lowest BCUT2D eigenvalue weighted by molar-refractivity contribution is 0.102. The minimum atomic E-state index is -0.386. The first-order valence-electron chi connectivity index (χ1n) is 8.05. The number of aromatic hydroxyl groups is 1. The molecule has 2 aromatic carbocycles. The summed E-state index contributed by atoms with van der Waals surface area (Å²) < 4.78 is 11.4. The molecule has 0 aromatic heterocycles. The van der Waals surface area contributed by atoms with Crippen molar-refractivity contribution in [3.63, 3.8) is 0 Å². The fourth-order valence-corrected chi connectivity index (χ4v) is 2.83. The zero-order valence-electron chi connectivity index (χ0n) is 14.1. The number of ether oxygens (including phenoxy) is 2. The van der Waals surface area contributed by atoms with Crippen LogP contribution in [0.3, 0.4) is 0 Å². The van der Waals surface area contributed by atoms with Crippen molar-refractivity contribution < 1.29 is 19.4 Å². The van der Waals surface area contributed by atoms with Gasteiger partial charge in [0.25, 0.3) is 5.91 Å². The second-order valence-electron chi connectivity index (χ2n) is 6.00. The fraction of sp³-hybridized carbons (Fsp3) is 0.316. The number of fused-ring (bicyclic) bond motifs is 1. The van der Waals surface area contributed by atoms with Crippen molar-refractivity contribution in [1.82, 2.24) is 0 Å². The maximum Gasteiger partial charge on any atom is 0.259 e. The predicted molar refractivity (Wildman–Crippen MR) is 92.2 cm³/mol. The number of benzene rings is 2. The van der Waals surface area contributed by atoms with Crippen LogP contribution in [0, 0.1) is 6.92 Å². The van der Waals surface area contributed by atoms with Gasteiger partial charge in [-0.2, -0.15) is 0 Å². The largest absolute Gasteiger partial charge is 0.507 e. The van der Waals surface area contributed by atoms with E-state index in [1.807, 2.05) is 26.8 Å². The van der Waals surface area contributed by atoms with Crippen molar-refractivity contribution >= 4 is 11.6 Å². The Morgan fingerprint density at radius 2 is 2.17 bits per heavy atom. The fourth-order valence-electron chi connectivity index (χ4n) is 2.83. The first kappa shape index (κ1) is 16.2. The summed E-state index contributed by atoms with van der Waals surface area (Å²) in [6, 6.07) is 8.61. The van der Waals surface area contributed by atoms with Crippen LogP contribution in [-0.4, -0.2) is 23.7 Å². The van der Waals surface area contributed by atoms with Gasteiger partial charge in [0.2, 0.25) is 0 Å². The predicted octanol–water partition coefficient (Wildman–Crippen LogP) is 3.68. The quantitative estimate of drug-likeness (QED) is 0.899. The number of hydrogen-bond acceptors (Lipinski definition) is 4. The number of aryl methyl sites for hydroxylation is 1. The number of carbonyl (C=O) groups is 1. The number of phenolic OH excluding ortho intramolecular Hbond substituents is 1. The zero-order chi connectivity index (χ0) is 17.3. The first-order valence-corrected chi connectivity index (χ1v) is 8.05. The molecule has 24 heavy (non-hydrogen) atoms. The Bertz CT molecular complexity index is 785. The van der Waals surface area contributed by atoms with Crippen molar-refractivity contribution in [1.29, 1.82) is 0 Å². The molecule has 0 fully saturated rings. The summed E-state index contributed by atoms with van der Waals surface area (Å²) in [4.78, 5) is 12.5. The average Bonchev–Trinajstić information content (AvgIpc) is 2.89. The smallest absolute Gasteiger partial charge is 0.259 e. The molecule has 5 heteroatoms. The van der Waals surface area contributed by atoms with Crippen LogP contribution in [0.1, 0.15) is 35.3 Å². The van der Waals surface area contributed by atoms with E-state index in [0.29, 0.717) is 18.0 Å². The summed E-state index contributed by atoms with van der Waals surface area (Å²) in [7, 11) is 0. The molecule has 5 nitrogen and oxygen atoms in total. The van der Waals surface area contributed by atoms with Crippen LogP contribution < -0.4 is 14.8 Å². The topological polar surface area (TPSA) is 67.8 Å². The first-order chi connectivity index (χ1) is 11.5. The summed E-state index contributed by atoms with van der Waals surface area (Å²) in [6.07, 6.45) is 0.934. The molecule has 2 N–H and O–H groups in total. The van der Waals surface area contributed by atoms with Gasteiger partial charge in [-0.3, -0.25) is 4.79 Å². The highest BCUT2D eigenvalue weighted by atomic mass is 16.5. The second kappa shape index (κ2) is 6.43.